The minimum absolute atomic E-state index is 0.0259. The summed E-state index contributed by atoms with van der Waals surface area (Å²) in [4.78, 5) is 16.6. The number of carbonyl (C=O) groups excluding carboxylic acids is 1. The first-order valence-electron chi connectivity index (χ1n) is 8.73. The lowest BCUT2D eigenvalue weighted by Crippen LogP contribution is -2.23. The first-order valence-corrected chi connectivity index (χ1v) is 10.2. The molecule has 6 nitrogen and oxygen atoms in total. The first kappa shape index (κ1) is 19.6. The Morgan fingerprint density at radius 2 is 1.82 bits per heavy atom. The molecular weight excluding hydrogens is 374 g/mol. The Morgan fingerprint density at radius 3 is 2.54 bits per heavy atom. The number of rotatable bonds is 6. The van der Waals surface area contributed by atoms with E-state index in [1.54, 1.807) is 36.5 Å². The van der Waals surface area contributed by atoms with E-state index >= 15 is 0 Å². The molecule has 1 heterocycles. The number of aromatic nitrogens is 1. The first-order chi connectivity index (χ1) is 13.3. The van der Waals surface area contributed by atoms with E-state index in [1.165, 1.54) is 12.1 Å². The number of pyridine rings is 1. The molecule has 3 rings (SSSR count). The summed E-state index contributed by atoms with van der Waals surface area (Å²) in [5.74, 6) is -0.366. The van der Waals surface area contributed by atoms with Crippen molar-refractivity contribution >= 4 is 21.6 Å². The SMILES string of the molecule is Cc1ccc(NS(=O)(=O)c2cccc(C(=O)NCc3ccccn3)c2)c(C)c1. The topological polar surface area (TPSA) is 88.2 Å². The van der Waals surface area contributed by atoms with Crippen LogP contribution in [0, 0.1) is 13.8 Å². The Hall–Kier alpha value is -3.19. The Balaban J connectivity index is 1.76. The molecule has 2 N–H and O–H groups in total. The van der Waals surface area contributed by atoms with Crippen molar-refractivity contribution < 1.29 is 13.2 Å². The third kappa shape index (κ3) is 4.75. The highest BCUT2D eigenvalue weighted by Crippen LogP contribution is 2.21. The predicted molar refractivity (Wildman–Crippen MR) is 109 cm³/mol. The molecular formula is C21H21N3O3S. The van der Waals surface area contributed by atoms with Gasteiger partial charge in [-0.25, -0.2) is 8.42 Å². The molecule has 0 atom stereocenters. The van der Waals surface area contributed by atoms with Gasteiger partial charge >= 0.3 is 0 Å². The average molecular weight is 395 g/mol. The normalized spacial score (nSPS) is 11.1. The van der Waals surface area contributed by atoms with Gasteiger partial charge in [-0.05, 0) is 55.8 Å². The number of benzene rings is 2. The molecule has 0 spiro atoms. The Labute approximate surface area is 164 Å². The van der Waals surface area contributed by atoms with Crippen molar-refractivity contribution in [3.8, 4) is 0 Å². The fourth-order valence-corrected chi connectivity index (χ4v) is 3.89. The van der Waals surface area contributed by atoms with E-state index in [4.69, 9.17) is 0 Å². The molecule has 1 amide bonds. The lowest BCUT2D eigenvalue weighted by atomic mass is 10.1. The van der Waals surface area contributed by atoms with Crippen molar-refractivity contribution in [2.45, 2.75) is 25.3 Å². The predicted octanol–water partition coefficient (Wildman–Crippen LogP) is 3.43. The number of hydrogen-bond acceptors (Lipinski definition) is 4. The van der Waals surface area contributed by atoms with E-state index in [-0.39, 0.29) is 22.9 Å². The van der Waals surface area contributed by atoms with Crippen molar-refractivity contribution in [2.75, 3.05) is 4.72 Å². The van der Waals surface area contributed by atoms with Gasteiger partial charge in [-0.3, -0.25) is 14.5 Å². The summed E-state index contributed by atoms with van der Waals surface area (Å²) >= 11 is 0. The molecule has 144 valence electrons. The molecule has 0 saturated carbocycles. The maximum atomic E-state index is 12.7. The molecule has 0 radical (unpaired) electrons. The molecule has 3 aromatic rings. The van der Waals surface area contributed by atoms with Crippen LogP contribution < -0.4 is 10.0 Å². The second-order valence-electron chi connectivity index (χ2n) is 6.46. The second kappa shape index (κ2) is 8.22. The number of nitrogens with one attached hydrogen (secondary N) is 2. The number of anilines is 1. The molecule has 28 heavy (non-hydrogen) atoms. The van der Waals surface area contributed by atoms with E-state index in [9.17, 15) is 13.2 Å². The lowest BCUT2D eigenvalue weighted by molar-refractivity contribution is 0.0950. The third-order valence-electron chi connectivity index (χ3n) is 4.19. The second-order valence-corrected chi connectivity index (χ2v) is 8.14. The molecule has 7 heteroatoms. The van der Waals surface area contributed by atoms with Crippen LogP contribution in [0.2, 0.25) is 0 Å². The third-order valence-corrected chi connectivity index (χ3v) is 5.55. The van der Waals surface area contributed by atoms with Gasteiger partial charge in [0, 0.05) is 11.8 Å². The lowest BCUT2D eigenvalue weighted by Gasteiger charge is -2.12. The molecule has 0 saturated heterocycles. The van der Waals surface area contributed by atoms with E-state index in [1.807, 2.05) is 32.0 Å². The zero-order valence-electron chi connectivity index (χ0n) is 15.6. The monoisotopic (exact) mass is 395 g/mol. The van der Waals surface area contributed by atoms with Crippen molar-refractivity contribution in [1.82, 2.24) is 10.3 Å². The Morgan fingerprint density at radius 1 is 1.00 bits per heavy atom. The zero-order valence-corrected chi connectivity index (χ0v) is 16.5. The molecule has 0 fully saturated rings. The quantitative estimate of drug-likeness (QED) is 0.669. The smallest absolute Gasteiger partial charge is 0.261 e. The highest BCUT2D eigenvalue weighted by Gasteiger charge is 2.17. The number of hydrogen-bond donors (Lipinski definition) is 2. The number of aryl methyl sites for hydroxylation is 2. The molecule has 0 aliphatic carbocycles. The van der Waals surface area contributed by atoms with Gasteiger partial charge in [-0.1, -0.05) is 29.8 Å². The molecule has 1 aromatic heterocycles. The van der Waals surface area contributed by atoms with E-state index in [0.717, 1.165) is 16.8 Å². The van der Waals surface area contributed by atoms with E-state index in [0.29, 0.717) is 5.69 Å². The summed E-state index contributed by atoms with van der Waals surface area (Å²) in [6.07, 6.45) is 1.65. The average Bonchev–Trinajstić information content (AvgIpc) is 2.69. The summed E-state index contributed by atoms with van der Waals surface area (Å²) in [6, 6.07) is 16.8. The van der Waals surface area contributed by atoms with Crippen LogP contribution in [0.15, 0.2) is 71.8 Å². The zero-order chi connectivity index (χ0) is 20.1. The van der Waals surface area contributed by atoms with Crippen LogP contribution in [-0.2, 0) is 16.6 Å². The van der Waals surface area contributed by atoms with Crippen molar-refractivity contribution in [3.63, 3.8) is 0 Å². The highest BCUT2D eigenvalue weighted by molar-refractivity contribution is 7.92. The molecule has 0 aliphatic rings. The largest absolute Gasteiger partial charge is 0.346 e. The Kier molecular flexibility index (Phi) is 5.75. The fourth-order valence-electron chi connectivity index (χ4n) is 2.71. The van der Waals surface area contributed by atoms with Crippen molar-refractivity contribution in [2.24, 2.45) is 0 Å². The number of sulfonamides is 1. The van der Waals surface area contributed by atoms with Gasteiger partial charge in [0.05, 0.1) is 22.8 Å². The summed E-state index contributed by atoms with van der Waals surface area (Å²) in [5.41, 5.74) is 3.37. The summed E-state index contributed by atoms with van der Waals surface area (Å²) in [7, 11) is -3.81. The van der Waals surface area contributed by atoms with Crippen LogP contribution in [0.1, 0.15) is 27.2 Å². The van der Waals surface area contributed by atoms with E-state index < -0.39 is 10.0 Å². The van der Waals surface area contributed by atoms with Crippen LogP contribution in [0.25, 0.3) is 0 Å². The number of nitrogens with zero attached hydrogens (tertiary/aromatic N) is 1. The van der Waals surface area contributed by atoms with Gasteiger partial charge in [0.15, 0.2) is 0 Å². The van der Waals surface area contributed by atoms with Gasteiger partial charge in [-0.2, -0.15) is 0 Å². The summed E-state index contributed by atoms with van der Waals surface area (Å²) in [6.45, 7) is 4.04. The van der Waals surface area contributed by atoms with Crippen LogP contribution in [0.3, 0.4) is 0 Å². The van der Waals surface area contributed by atoms with Gasteiger partial charge in [0.1, 0.15) is 0 Å². The summed E-state index contributed by atoms with van der Waals surface area (Å²) in [5, 5.41) is 2.74. The molecule has 2 aromatic carbocycles. The fraction of sp³-hybridized carbons (Fsp3) is 0.143. The minimum Gasteiger partial charge on any atom is -0.346 e. The Bertz CT molecular complexity index is 1100. The number of carbonyl (C=O) groups is 1. The van der Waals surface area contributed by atoms with Gasteiger partial charge < -0.3 is 5.32 Å². The van der Waals surface area contributed by atoms with Crippen LogP contribution in [-0.4, -0.2) is 19.3 Å². The van der Waals surface area contributed by atoms with Crippen LogP contribution in [0.4, 0.5) is 5.69 Å². The van der Waals surface area contributed by atoms with Crippen molar-refractivity contribution in [3.05, 3.63) is 89.2 Å². The van der Waals surface area contributed by atoms with Gasteiger partial charge in [0.2, 0.25) is 0 Å². The summed E-state index contributed by atoms with van der Waals surface area (Å²) < 4.78 is 28.1. The molecule has 0 bridgehead atoms. The molecule has 0 aliphatic heterocycles. The maximum Gasteiger partial charge on any atom is 0.261 e. The number of amides is 1. The maximum absolute atomic E-state index is 12.7. The molecule has 0 unspecified atom stereocenters. The van der Waals surface area contributed by atoms with E-state index in [2.05, 4.69) is 15.0 Å². The minimum atomic E-state index is -3.81. The van der Waals surface area contributed by atoms with Gasteiger partial charge in [0.25, 0.3) is 15.9 Å². The van der Waals surface area contributed by atoms with Crippen LogP contribution >= 0.6 is 0 Å². The highest BCUT2D eigenvalue weighted by atomic mass is 32.2. The standard InChI is InChI=1S/C21H21N3O3S/c1-15-9-10-20(16(2)12-15)24-28(26,27)19-8-5-6-17(13-19)21(25)23-14-18-7-3-4-11-22-18/h3-13,24H,14H2,1-2H3,(H,23,25). The van der Waals surface area contributed by atoms with Crippen molar-refractivity contribution in [1.29, 1.82) is 0 Å². The van der Waals surface area contributed by atoms with Gasteiger partial charge in [-0.15, -0.1) is 0 Å². The van der Waals surface area contributed by atoms with Crippen LogP contribution in [0.5, 0.6) is 0 Å².